The molecule has 0 fully saturated rings. The summed E-state index contributed by atoms with van der Waals surface area (Å²) in [5, 5.41) is 9.85. The number of nitrogens with zero attached hydrogens (tertiary/aromatic N) is 3. The number of carbonyl (C=O) groups is 2. The van der Waals surface area contributed by atoms with Gasteiger partial charge in [0.2, 0.25) is 0 Å². The number of hydrogen-bond donors (Lipinski definition) is 1. The minimum Gasteiger partial charge on any atom is -0.288 e. The minimum atomic E-state index is -0.391. The van der Waals surface area contributed by atoms with Gasteiger partial charge in [0.1, 0.15) is 6.33 Å². The van der Waals surface area contributed by atoms with E-state index in [4.69, 9.17) is 11.6 Å². The number of nitrogens with one attached hydrogen (secondary N) is 1. The van der Waals surface area contributed by atoms with Crippen molar-refractivity contribution in [3.8, 4) is 5.69 Å². The van der Waals surface area contributed by atoms with Crippen LogP contribution in [0.2, 0.25) is 0 Å². The van der Waals surface area contributed by atoms with Crippen LogP contribution in [0.5, 0.6) is 0 Å². The first-order chi connectivity index (χ1) is 8.70. The van der Waals surface area contributed by atoms with Crippen LogP contribution in [0.3, 0.4) is 0 Å². The third kappa shape index (κ3) is 1.50. The van der Waals surface area contributed by atoms with Crippen molar-refractivity contribution in [3.63, 3.8) is 0 Å². The van der Waals surface area contributed by atoms with Crippen molar-refractivity contribution in [1.82, 2.24) is 20.1 Å². The summed E-state index contributed by atoms with van der Waals surface area (Å²) < 4.78 is 1.67. The Morgan fingerprint density at radius 3 is 2.78 bits per heavy atom. The van der Waals surface area contributed by atoms with Gasteiger partial charge in [0.25, 0.3) is 11.8 Å². The molecule has 1 N–H and O–H groups in total. The Balaban J connectivity index is 2.14. The maximum atomic E-state index is 11.6. The summed E-state index contributed by atoms with van der Waals surface area (Å²) in [6.07, 6.45) is 1.51. The average Bonchev–Trinajstić information content (AvgIpc) is 2.95. The summed E-state index contributed by atoms with van der Waals surface area (Å²) in [4.78, 5) is 23.0. The molecule has 0 unspecified atom stereocenters. The first-order valence-corrected chi connectivity index (χ1v) is 5.69. The van der Waals surface area contributed by atoms with E-state index in [0.717, 1.165) is 0 Å². The van der Waals surface area contributed by atoms with Gasteiger partial charge in [-0.1, -0.05) is 0 Å². The van der Waals surface area contributed by atoms with Crippen molar-refractivity contribution in [1.29, 1.82) is 0 Å². The Morgan fingerprint density at radius 2 is 2.00 bits per heavy atom. The molecular formula is C11H7ClN4O2. The molecule has 1 aliphatic rings. The lowest BCUT2D eigenvalue weighted by Gasteiger charge is -2.05. The van der Waals surface area contributed by atoms with Gasteiger partial charge >= 0.3 is 0 Å². The van der Waals surface area contributed by atoms with Crippen LogP contribution in [0.4, 0.5) is 0 Å². The zero-order valence-corrected chi connectivity index (χ0v) is 9.81. The number of imide groups is 1. The molecule has 1 aromatic heterocycles. The number of hydrogen-bond acceptors (Lipinski definition) is 4. The molecule has 7 heteroatoms. The van der Waals surface area contributed by atoms with Crippen LogP contribution >= 0.6 is 11.6 Å². The fraction of sp³-hybridized carbons (Fsp3) is 0.0909. The normalized spacial score (nSPS) is 13.6. The Kier molecular flexibility index (Phi) is 2.38. The second-order valence-electron chi connectivity index (χ2n) is 3.76. The third-order valence-electron chi connectivity index (χ3n) is 2.74. The number of amides is 2. The summed E-state index contributed by atoms with van der Waals surface area (Å²) >= 11 is 5.74. The minimum absolute atomic E-state index is 0.211. The summed E-state index contributed by atoms with van der Waals surface area (Å²) in [6, 6.07) is 4.94. The van der Waals surface area contributed by atoms with Gasteiger partial charge < -0.3 is 0 Å². The monoisotopic (exact) mass is 262 g/mol. The van der Waals surface area contributed by atoms with Crippen LogP contribution in [-0.2, 0) is 5.88 Å². The number of alkyl halides is 1. The molecule has 2 amide bonds. The lowest BCUT2D eigenvalue weighted by Crippen LogP contribution is -2.19. The van der Waals surface area contributed by atoms with Gasteiger partial charge in [-0.05, 0) is 18.2 Å². The highest BCUT2D eigenvalue weighted by Crippen LogP contribution is 2.20. The molecule has 0 aliphatic carbocycles. The number of benzene rings is 1. The van der Waals surface area contributed by atoms with Gasteiger partial charge in [0.05, 0.1) is 17.0 Å². The topological polar surface area (TPSA) is 76.9 Å². The van der Waals surface area contributed by atoms with Crippen molar-refractivity contribution >= 4 is 23.4 Å². The second kappa shape index (κ2) is 3.92. The van der Waals surface area contributed by atoms with Gasteiger partial charge in [-0.2, -0.15) is 0 Å². The average molecular weight is 263 g/mol. The Bertz CT molecular complexity index is 665. The Hall–Kier alpha value is -2.21. The van der Waals surface area contributed by atoms with Crippen LogP contribution in [0.1, 0.15) is 26.5 Å². The molecule has 0 spiro atoms. The van der Waals surface area contributed by atoms with E-state index in [0.29, 0.717) is 22.6 Å². The maximum absolute atomic E-state index is 11.6. The zero-order valence-electron chi connectivity index (χ0n) is 9.05. The molecule has 6 nitrogen and oxygen atoms in total. The van der Waals surface area contributed by atoms with Gasteiger partial charge in [-0.25, -0.2) is 0 Å². The highest BCUT2D eigenvalue weighted by atomic mass is 35.5. The van der Waals surface area contributed by atoms with Crippen LogP contribution in [0.15, 0.2) is 24.5 Å². The first-order valence-electron chi connectivity index (χ1n) is 5.15. The number of halogens is 1. The molecule has 0 bridgehead atoms. The molecule has 3 rings (SSSR count). The van der Waals surface area contributed by atoms with E-state index in [1.165, 1.54) is 6.33 Å². The van der Waals surface area contributed by atoms with E-state index >= 15 is 0 Å². The van der Waals surface area contributed by atoms with E-state index < -0.39 is 5.91 Å². The van der Waals surface area contributed by atoms with Crippen molar-refractivity contribution in [3.05, 3.63) is 41.5 Å². The quantitative estimate of drug-likeness (QED) is 0.644. The van der Waals surface area contributed by atoms with Gasteiger partial charge in [-0.3, -0.25) is 19.5 Å². The van der Waals surface area contributed by atoms with E-state index in [1.807, 2.05) is 0 Å². The van der Waals surface area contributed by atoms with Gasteiger partial charge in [0.15, 0.2) is 5.82 Å². The molecule has 0 saturated carbocycles. The third-order valence-corrected chi connectivity index (χ3v) is 2.97. The number of fused-ring (bicyclic) bond motifs is 1. The van der Waals surface area contributed by atoms with Crippen molar-refractivity contribution < 1.29 is 9.59 Å². The summed E-state index contributed by atoms with van der Waals surface area (Å²) in [6.45, 7) is 0. The molecular weight excluding hydrogens is 256 g/mol. The SMILES string of the molecule is O=C1NC(=O)c2cc(-n3cnnc3CCl)ccc21. The lowest BCUT2D eigenvalue weighted by molar-refractivity contribution is 0.0879. The van der Waals surface area contributed by atoms with E-state index in [9.17, 15) is 9.59 Å². The van der Waals surface area contributed by atoms with Crippen LogP contribution in [-0.4, -0.2) is 26.6 Å². The predicted molar refractivity (Wildman–Crippen MR) is 62.7 cm³/mol. The van der Waals surface area contributed by atoms with Crippen molar-refractivity contribution in [2.75, 3.05) is 0 Å². The lowest BCUT2D eigenvalue weighted by atomic mass is 10.1. The van der Waals surface area contributed by atoms with Crippen LogP contribution in [0, 0.1) is 0 Å². The predicted octanol–water partition coefficient (Wildman–Crippen LogP) is 0.890. The van der Waals surface area contributed by atoms with E-state index in [1.54, 1.807) is 22.8 Å². The maximum Gasteiger partial charge on any atom is 0.259 e. The zero-order chi connectivity index (χ0) is 12.7. The smallest absolute Gasteiger partial charge is 0.259 e. The molecule has 90 valence electrons. The van der Waals surface area contributed by atoms with Crippen molar-refractivity contribution in [2.45, 2.75) is 5.88 Å². The van der Waals surface area contributed by atoms with E-state index in [-0.39, 0.29) is 11.8 Å². The number of rotatable bonds is 2. The Labute approximate surface area is 107 Å². The number of carbonyl (C=O) groups excluding carboxylic acids is 2. The van der Waals surface area contributed by atoms with Gasteiger partial charge in [-0.15, -0.1) is 21.8 Å². The van der Waals surface area contributed by atoms with Crippen LogP contribution < -0.4 is 5.32 Å². The highest BCUT2D eigenvalue weighted by molar-refractivity contribution is 6.21. The summed E-state index contributed by atoms with van der Waals surface area (Å²) in [7, 11) is 0. The summed E-state index contributed by atoms with van der Waals surface area (Å²) in [5.74, 6) is 0.0175. The molecule has 0 atom stereocenters. The fourth-order valence-corrected chi connectivity index (χ4v) is 2.05. The van der Waals surface area contributed by atoms with E-state index in [2.05, 4.69) is 15.5 Å². The van der Waals surface area contributed by atoms with Crippen LogP contribution in [0.25, 0.3) is 5.69 Å². The van der Waals surface area contributed by atoms with Gasteiger partial charge in [0, 0.05) is 5.69 Å². The molecule has 1 aliphatic heterocycles. The molecule has 0 radical (unpaired) electrons. The molecule has 0 saturated heterocycles. The fourth-order valence-electron chi connectivity index (χ4n) is 1.87. The molecule has 18 heavy (non-hydrogen) atoms. The molecule has 2 heterocycles. The first kappa shape index (κ1) is 10.9. The second-order valence-corrected chi connectivity index (χ2v) is 4.03. The molecule has 2 aromatic rings. The summed E-state index contributed by atoms with van der Waals surface area (Å²) in [5.41, 5.74) is 1.43. The highest BCUT2D eigenvalue weighted by Gasteiger charge is 2.27. The number of aromatic nitrogens is 3. The Morgan fingerprint density at radius 1 is 1.22 bits per heavy atom. The standard InChI is InChI=1S/C11H7ClN4O2/c12-4-9-15-13-5-16(9)6-1-2-7-8(3-6)11(18)14-10(7)17/h1-3,5H,4H2,(H,14,17,18). The molecule has 1 aromatic carbocycles. The van der Waals surface area contributed by atoms with Crippen molar-refractivity contribution in [2.24, 2.45) is 0 Å². The largest absolute Gasteiger partial charge is 0.288 e.